The van der Waals surface area contributed by atoms with Crippen molar-refractivity contribution in [2.24, 2.45) is 0 Å². The first-order valence-electron chi connectivity index (χ1n) is 2.01. The summed E-state index contributed by atoms with van der Waals surface area (Å²) < 4.78 is 0. The summed E-state index contributed by atoms with van der Waals surface area (Å²) in [4.78, 5) is 0. The van der Waals surface area contributed by atoms with E-state index in [0.29, 0.717) is 6.85 Å². The Labute approximate surface area is 50.4 Å². The molecule has 0 fully saturated rings. The van der Waals surface area contributed by atoms with Crippen LogP contribution >= 0.6 is 6.85 Å². The van der Waals surface area contributed by atoms with Crippen molar-refractivity contribution >= 4 is 25.3 Å². The van der Waals surface area contributed by atoms with Crippen LogP contribution in [0.4, 0.5) is 0 Å². The summed E-state index contributed by atoms with van der Waals surface area (Å²) in [5, 5.41) is 8.90. The summed E-state index contributed by atoms with van der Waals surface area (Å²) in [6.45, 7) is 5.46. The van der Waals surface area contributed by atoms with E-state index in [9.17, 15) is 0 Å². The fourth-order valence-electron chi connectivity index (χ4n) is 0.144. The van der Waals surface area contributed by atoms with Crippen LogP contribution in [0.2, 0.25) is 0 Å². The van der Waals surface area contributed by atoms with Crippen molar-refractivity contribution in [3.8, 4) is 0 Å². The van der Waals surface area contributed by atoms with Crippen molar-refractivity contribution < 1.29 is 5.11 Å². The Balaban J connectivity index is 3.80. The molecule has 7 heavy (non-hydrogen) atoms. The average Bonchev–Trinajstić information content (AvgIpc) is 1.30. The molecule has 0 saturated heterocycles. The molecule has 0 bridgehead atoms. The Kier molecular flexibility index (Phi) is 2.97. The Morgan fingerprint density at radius 3 is 2.14 bits per heavy atom. The first kappa shape index (κ1) is 7.54. The van der Waals surface area contributed by atoms with Gasteiger partial charge in [0.25, 0.3) is 0 Å². The Bertz CT molecular complexity index is 102. The molecule has 1 nitrogen and oxygen atoms in total. The van der Waals surface area contributed by atoms with E-state index in [4.69, 9.17) is 5.11 Å². The Morgan fingerprint density at radius 2 is 2.14 bits per heavy atom. The van der Waals surface area contributed by atoms with Gasteiger partial charge in [-0.3, -0.25) is 0 Å². The zero-order valence-electron chi connectivity index (χ0n) is 4.43. The van der Waals surface area contributed by atoms with Crippen LogP contribution in [0.5, 0.6) is 0 Å². The summed E-state index contributed by atoms with van der Waals surface area (Å²) in [5.41, 5.74) is -0.666. The van der Waals surface area contributed by atoms with Gasteiger partial charge in [-0.1, -0.05) is 0 Å². The molecule has 0 saturated carbocycles. The monoisotopic (exact) mass is 134 g/mol. The minimum atomic E-state index is -0.666. The topological polar surface area (TPSA) is 20.2 Å². The standard InChI is InChI=1S/C3H8BOPS/c1-3(2,5)4-6-7/h5-6H,1-2H3. The van der Waals surface area contributed by atoms with E-state index in [-0.39, 0.29) is 0 Å². The van der Waals surface area contributed by atoms with E-state index in [1.54, 1.807) is 20.5 Å². The molecule has 0 rings (SSSR count). The van der Waals surface area contributed by atoms with E-state index in [0.717, 1.165) is 0 Å². The van der Waals surface area contributed by atoms with Gasteiger partial charge in [0.1, 0.15) is 0 Å². The zero-order chi connectivity index (χ0) is 5.91. The molecule has 0 amide bonds. The van der Waals surface area contributed by atoms with Crippen LogP contribution < -0.4 is 0 Å². The molecule has 0 aromatic heterocycles. The fourth-order valence-corrected chi connectivity index (χ4v) is 1.30. The maximum absolute atomic E-state index is 8.90. The van der Waals surface area contributed by atoms with Crippen molar-refractivity contribution in [1.82, 2.24) is 0 Å². The van der Waals surface area contributed by atoms with Gasteiger partial charge in [-0.2, -0.15) is 0 Å². The molecule has 0 radical (unpaired) electrons. The molecule has 0 aliphatic heterocycles. The molecular formula is C3H8BOPS. The quantitative estimate of drug-likeness (QED) is 0.415. The molecule has 0 spiro atoms. The van der Waals surface area contributed by atoms with Gasteiger partial charge in [0, 0.05) is 0 Å². The zero-order valence-corrected chi connectivity index (χ0v) is 6.25. The van der Waals surface area contributed by atoms with E-state index >= 15 is 0 Å². The molecule has 4 heteroatoms. The first-order chi connectivity index (χ1) is 3.06. The average molecular weight is 134 g/mol. The minimum absolute atomic E-state index is 0.318. The summed E-state index contributed by atoms with van der Waals surface area (Å²) in [6, 6.07) is 0. The molecular weight excluding hydrogens is 126 g/mol. The number of hydrogen-bond donors (Lipinski definition) is 1. The predicted octanol–water partition coefficient (Wildman–Crippen LogP) is 0.474. The van der Waals surface area contributed by atoms with Gasteiger partial charge in [0.05, 0.1) is 0 Å². The number of rotatable bonds is 1. The van der Waals surface area contributed by atoms with E-state index in [1.807, 2.05) is 0 Å². The van der Waals surface area contributed by atoms with Crippen molar-refractivity contribution in [2.45, 2.75) is 19.3 Å². The van der Waals surface area contributed by atoms with Crippen molar-refractivity contribution in [3.63, 3.8) is 0 Å². The summed E-state index contributed by atoms with van der Waals surface area (Å²) >= 11 is 4.61. The van der Waals surface area contributed by atoms with Gasteiger partial charge in [-0.05, 0) is 0 Å². The van der Waals surface area contributed by atoms with Gasteiger partial charge >= 0.3 is 49.7 Å². The van der Waals surface area contributed by atoms with E-state index in [1.165, 1.54) is 0 Å². The van der Waals surface area contributed by atoms with Crippen LogP contribution in [-0.4, -0.2) is 17.2 Å². The second kappa shape index (κ2) is 2.76. The second-order valence-electron chi connectivity index (χ2n) is 1.92. The van der Waals surface area contributed by atoms with Crippen molar-refractivity contribution in [2.75, 3.05) is 0 Å². The first-order valence-corrected chi connectivity index (χ1v) is 4.22. The van der Waals surface area contributed by atoms with Crippen LogP contribution in [0.1, 0.15) is 13.8 Å². The van der Waals surface area contributed by atoms with Gasteiger partial charge in [0.15, 0.2) is 0 Å². The summed E-state index contributed by atoms with van der Waals surface area (Å²) in [5.74, 6) is 0. The van der Waals surface area contributed by atoms with E-state index in [2.05, 4.69) is 11.8 Å². The number of aliphatic hydroxyl groups is 1. The third-order valence-electron chi connectivity index (χ3n) is 0.412. The van der Waals surface area contributed by atoms with Crippen LogP contribution in [-0.2, 0) is 11.8 Å². The molecule has 0 aromatic carbocycles. The third kappa shape index (κ3) is 6.54. The SMILES string of the molecule is CC(C)(O)B=[PH]=S. The van der Waals surface area contributed by atoms with Crippen LogP contribution in [0.3, 0.4) is 0 Å². The van der Waals surface area contributed by atoms with Crippen molar-refractivity contribution in [3.05, 3.63) is 0 Å². The fraction of sp³-hybridized carbons (Fsp3) is 1.00. The summed E-state index contributed by atoms with van der Waals surface area (Å²) in [7, 11) is 0. The molecule has 0 heterocycles. The van der Waals surface area contributed by atoms with Crippen LogP contribution in [0.15, 0.2) is 0 Å². The van der Waals surface area contributed by atoms with Crippen molar-refractivity contribution in [1.29, 1.82) is 0 Å². The molecule has 0 aromatic rings. The Morgan fingerprint density at radius 1 is 1.71 bits per heavy atom. The molecule has 0 aliphatic carbocycles. The van der Waals surface area contributed by atoms with Crippen LogP contribution in [0.25, 0.3) is 0 Å². The van der Waals surface area contributed by atoms with Gasteiger partial charge in [-0.15, -0.1) is 0 Å². The van der Waals surface area contributed by atoms with E-state index < -0.39 is 5.50 Å². The van der Waals surface area contributed by atoms with Gasteiger partial charge in [0.2, 0.25) is 0 Å². The molecule has 1 N–H and O–H groups in total. The number of hydrogen-bond acceptors (Lipinski definition) is 2. The molecule has 40 valence electrons. The maximum atomic E-state index is 8.90. The Hall–Kier alpha value is 0.545. The molecule has 1 unspecified atom stereocenters. The summed E-state index contributed by atoms with van der Waals surface area (Å²) in [6.07, 6.45) is 0. The van der Waals surface area contributed by atoms with Gasteiger partial charge in [-0.25, -0.2) is 0 Å². The third-order valence-corrected chi connectivity index (χ3v) is 1.59. The molecule has 1 atom stereocenters. The van der Waals surface area contributed by atoms with Gasteiger partial charge < -0.3 is 0 Å². The molecule has 0 aliphatic rings. The second-order valence-corrected chi connectivity index (χ2v) is 3.15. The van der Waals surface area contributed by atoms with Crippen LogP contribution in [0, 0.1) is 0 Å². The predicted molar refractivity (Wildman–Crippen MR) is 37.7 cm³/mol. The normalized spacial score (nSPS) is 11.3.